The van der Waals surface area contributed by atoms with Gasteiger partial charge in [0.1, 0.15) is 0 Å². The van der Waals surface area contributed by atoms with Crippen LogP contribution >= 0.6 is 24.0 Å². The van der Waals surface area contributed by atoms with Crippen LogP contribution in [0.3, 0.4) is 0 Å². The van der Waals surface area contributed by atoms with Gasteiger partial charge in [0, 0.05) is 58.3 Å². The first-order valence-corrected chi connectivity index (χ1v) is 11.8. The SMILES string of the molecule is CCNC(=NCCCC1CCCC1)NCCN1CCN(C(=O)C2CCC2)CC1.I. The van der Waals surface area contributed by atoms with Gasteiger partial charge in [0.15, 0.2) is 5.96 Å². The summed E-state index contributed by atoms with van der Waals surface area (Å²) in [6, 6.07) is 0. The molecule has 0 atom stereocenters. The van der Waals surface area contributed by atoms with E-state index >= 15 is 0 Å². The van der Waals surface area contributed by atoms with Crippen molar-refractivity contribution in [2.75, 3.05) is 52.4 Å². The molecule has 0 bridgehead atoms. The van der Waals surface area contributed by atoms with Crippen molar-refractivity contribution in [3.8, 4) is 0 Å². The first-order chi connectivity index (χ1) is 13.8. The lowest BCUT2D eigenvalue weighted by molar-refractivity contribution is -0.139. The zero-order valence-electron chi connectivity index (χ0n) is 18.3. The molecule has 0 aromatic heterocycles. The van der Waals surface area contributed by atoms with Gasteiger partial charge in [0.2, 0.25) is 5.91 Å². The molecule has 6 nitrogen and oxygen atoms in total. The van der Waals surface area contributed by atoms with Crippen molar-refractivity contribution in [1.82, 2.24) is 20.4 Å². The van der Waals surface area contributed by atoms with Gasteiger partial charge in [-0.1, -0.05) is 32.1 Å². The molecule has 0 aromatic rings. The Morgan fingerprint density at radius 2 is 1.72 bits per heavy atom. The lowest BCUT2D eigenvalue weighted by atomic mass is 9.84. The number of carbonyl (C=O) groups excluding carboxylic acids is 1. The van der Waals surface area contributed by atoms with E-state index in [1.807, 2.05) is 0 Å². The van der Waals surface area contributed by atoms with Crippen molar-refractivity contribution in [2.45, 2.75) is 64.7 Å². The molecule has 1 aliphatic heterocycles. The van der Waals surface area contributed by atoms with E-state index in [-0.39, 0.29) is 24.0 Å². The summed E-state index contributed by atoms with van der Waals surface area (Å²) in [6.07, 6.45) is 11.7. The average Bonchev–Trinajstić information content (AvgIpc) is 3.18. The second kappa shape index (κ2) is 13.7. The van der Waals surface area contributed by atoms with E-state index in [2.05, 4.69) is 27.4 Å². The number of piperazine rings is 1. The molecule has 3 rings (SSSR count). The number of aliphatic imine (C=N–C) groups is 1. The molecule has 0 unspecified atom stereocenters. The van der Waals surface area contributed by atoms with E-state index in [0.717, 1.165) is 77.1 Å². The minimum atomic E-state index is 0. The van der Waals surface area contributed by atoms with Crippen molar-refractivity contribution in [2.24, 2.45) is 16.8 Å². The molecule has 0 aromatic carbocycles. The van der Waals surface area contributed by atoms with Crippen LogP contribution in [0.2, 0.25) is 0 Å². The summed E-state index contributed by atoms with van der Waals surface area (Å²) in [5.41, 5.74) is 0. The van der Waals surface area contributed by atoms with Gasteiger partial charge in [0.05, 0.1) is 0 Å². The smallest absolute Gasteiger partial charge is 0.225 e. The maximum atomic E-state index is 12.3. The van der Waals surface area contributed by atoms with Crippen LogP contribution < -0.4 is 10.6 Å². The van der Waals surface area contributed by atoms with Gasteiger partial charge in [-0.2, -0.15) is 0 Å². The molecule has 3 fully saturated rings. The van der Waals surface area contributed by atoms with Crippen molar-refractivity contribution < 1.29 is 4.79 Å². The minimum Gasteiger partial charge on any atom is -0.357 e. The molecule has 2 aliphatic carbocycles. The van der Waals surface area contributed by atoms with E-state index in [1.165, 1.54) is 44.9 Å². The van der Waals surface area contributed by atoms with Crippen molar-refractivity contribution in [1.29, 1.82) is 0 Å². The Labute approximate surface area is 194 Å². The maximum Gasteiger partial charge on any atom is 0.225 e. The average molecular weight is 520 g/mol. The normalized spacial score (nSPS) is 21.6. The highest BCUT2D eigenvalue weighted by Gasteiger charge is 2.30. The van der Waals surface area contributed by atoms with E-state index in [4.69, 9.17) is 4.99 Å². The van der Waals surface area contributed by atoms with Crippen molar-refractivity contribution in [3.63, 3.8) is 0 Å². The number of hydrogen-bond donors (Lipinski definition) is 2. The molecule has 1 heterocycles. The second-order valence-electron chi connectivity index (χ2n) is 8.77. The van der Waals surface area contributed by atoms with Gasteiger partial charge in [-0.15, -0.1) is 24.0 Å². The first-order valence-electron chi connectivity index (χ1n) is 11.8. The van der Waals surface area contributed by atoms with E-state index < -0.39 is 0 Å². The summed E-state index contributed by atoms with van der Waals surface area (Å²) in [4.78, 5) is 21.6. The third-order valence-corrected chi connectivity index (χ3v) is 6.72. The number of halogens is 1. The van der Waals surface area contributed by atoms with Gasteiger partial charge in [0.25, 0.3) is 0 Å². The number of carbonyl (C=O) groups is 1. The summed E-state index contributed by atoms with van der Waals surface area (Å²) < 4.78 is 0. The lowest BCUT2D eigenvalue weighted by Gasteiger charge is -2.38. The monoisotopic (exact) mass is 519 g/mol. The third kappa shape index (κ3) is 8.23. The summed E-state index contributed by atoms with van der Waals surface area (Å²) in [5, 5.41) is 6.85. The maximum absolute atomic E-state index is 12.3. The van der Waals surface area contributed by atoms with Crippen molar-refractivity contribution >= 4 is 35.8 Å². The van der Waals surface area contributed by atoms with Gasteiger partial charge < -0.3 is 15.5 Å². The van der Waals surface area contributed by atoms with E-state index in [1.54, 1.807) is 0 Å². The molecular formula is C22H42IN5O. The minimum absolute atomic E-state index is 0. The van der Waals surface area contributed by atoms with Gasteiger partial charge in [-0.25, -0.2) is 0 Å². The highest BCUT2D eigenvalue weighted by Crippen LogP contribution is 2.29. The van der Waals surface area contributed by atoms with Crippen LogP contribution in [0, 0.1) is 11.8 Å². The van der Waals surface area contributed by atoms with Crippen LogP contribution in [0.4, 0.5) is 0 Å². The van der Waals surface area contributed by atoms with E-state index in [0.29, 0.717) is 11.8 Å². The number of nitrogens with zero attached hydrogens (tertiary/aromatic N) is 3. The zero-order chi connectivity index (χ0) is 19.6. The molecular weight excluding hydrogens is 477 g/mol. The zero-order valence-corrected chi connectivity index (χ0v) is 20.7. The first kappa shape index (κ1) is 24.7. The summed E-state index contributed by atoms with van der Waals surface area (Å²) >= 11 is 0. The topological polar surface area (TPSA) is 60.0 Å². The van der Waals surface area contributed by atoms with Crippen LogP contribution in [0.5, 0.6) is 0 Å². The Kier molecular flexibility index (Phi) is 11.6. The fraction of sp³-hybridized carbons (Fsp3) is 0.909. The Balaban J connectivity index is 0.00000300. The van der Waals surface area contributed by atoms with Gasteiger partial charge in [-0.3, -0.25) is 14.7 Å². The fourth-order valence-electron chi connectivity index (χ4n) is 4.65. The Morgan fingerprint density at radius 1 is 1.00 bits per heavy atom. The third-order valence-electron chi connectivity index (χ3n) is 6.72. The predicted octanol–water partition coefficient (Wildman–Crippen LogP) is 3.07. The molecule has 3 aliphatic rings. The van der Waals surface area contributed by atoms with Crippen LogP contribution in [-0.2, 0) is 4.79 Å². The number of amides is 1. The van der Waals surface area contributed by atoms with Crippen molar-refractivity contribution in [3.05, 3.63) is 0 Å². The largest absolute Gasteiger partial charge is 0.357 e. The predicted molar refractivity (Wildman–Crippen MR) is 131 cm³/mol. The molecule has 0 spiro atoms. The number of rotatable bonds is 9. The Morgan fingerprint density at radius 3 is 2.34 bits per heavy atom. The van der Waals surface area contributed by atoms with Crippen LogP contribution in [0.15, 0.2) is 4.99 Å². The van der Waals surface area contributed by atoms with Crippen LogP contribution in [-0.4, -0.2) is 74.0 Å². The van der Waals surface area contributed by atoms with E-state index in [9.17, 15) is 4.79 Å². The fourth-order valence-corrected chi connectivity index (χ4v) is 4.65. The number of hydrogen-bond acceptors (Lipinski definition) is 3. The molecule has 1 amide bonds. The molecule has 7 heteroatoms. The summed E-state index contributed by atoms with van der Waals surface area (Å²) in [7, 11) is 0. The molecule has 2 N–H and O–H groups in total. The summed E-state index contributed by atoms with van der Waals surface area (Å²) in [6.45, 7) is 9.64. The lowest BCUT2D eigenvalue weighted by Crippen LogP contribution is -2.52. The number of guanidine groups is 1. The van der Waals surface area contributed by atoms with Crippen LogP contribution in [0.1, 0.15) is 64.7 Å². The molecule has 2 saturated carbocycles. The highest BCUT2D eigenvalue weighted by molar-refractivity contribution is 14.0. The standard InChI is InChI=1S/C22H41N5O.HI/c1-2-23-22(24-12-6-9-19-7-3-4-8-19)25-13-14-26-15-17-27(18-16-26)21(28)20-10-5-11-20;/h19-20H,2-18H2,1H3,(H2,23,24,25);1H. The Hall–Kier alpha value is -0.570. The molecule has 29 heavy (non-hydrogen) atoms. The second-order valence-corrected chi connectivity index (χ2v) is 8.77. The Bertz CT molecular complexity index is 497. The van der Waals surface area contributed by atoms with Gasteiger partial charge in [-0.05, 0) is 38.5 Å². The summed E-state index contributed by atoms with van der Waals surface area (Å²) in [5.74, 6) is 2.65. The highest BCUT2D eigenvalue weighted by atomic mass is 127. The molecule has 0 radical (unpaired) electrons. The van der Waals surface area contributed by atoms with Crippen LogP contribution in [0.25, 0.3) is 0 Å². The van der Waals surface area contributed by atoms with Gasteiger partial charge >= 0.3 is 0 Å². The molecule has 168 valence electrons. The number of nitrogens with one attached hydrogen (secondary N) is 2. The molecule has 1 saturated heterocycles. The quantitative estimate of drug-likeness (QED) is 0.213.